The summed E-state index contributed by atoms with van der Waals surface area (Å²) in [5, 5.41) is 14.0. The van der Waals surface area contributed by atoms with E-state index in [4.69, 9.17) is 8.94 Å². The van der Waals surface area contributed by atoms with Gasteiger partial charge in [-0.2, -0.15) is 15.2 Å². The summed E-state index contributed by atoms with van der Waals surface area (Å²) in [6, 6.07) is 15.2. The lowest BCUT2D eigenvalue weighted by Crippen LogP contribution is -2.33. The second-order valence-electron chi connectivity index (χ2n) is 8.07. The van der Waals surface area contributed by atoms with E-state index in [-0.39, 0.29) is 11.8 Å². The molecule has 0 radical (unpaired) electrons. The minimum absolute atomic E-state index is 0.138. The van der Waals surface area contributed by atoms with Crippen molar-refractivity contribution in [3.63, 3.8) is 0 Å². The van der Waals surface area contributed by atoms with Crippen LogP contribution in [-0.2, 0) is 16.0 Å². The first-order valence-electron chi connectivity index (χ1n) is 11.2. The normalized spacial score (nSPS) is 13.2. The average Bonchev–Trinajstić information content (AvgIpc) is 3.50. The molecule has 2 N–H and O–H groups in total. The number of rotatable bonds is 4. The lowest BCUT2D eigenvalue weighted by atomic mass is 10.1. The van der Waals surface area contributed by atoms with Gasteiger partial charge >= 0.3 is 5.76 Å². The van der Waals surface area contributed by atoms with Crippen LogP contribution in [0.2, 0.25) is 0 Å². The molecule has 0 spiro atoms. The van der Waals surface area contributed by atoms with Crippen LogP contribution in [0.25, 0.3) is 33.6 Å². The van der Waals surface area contributed by atoms with Crippen LogP contribution in [0.3, 0.4) is 0 Å². The number of piperidine rings is 1. The smallest absolute Gasteiger partial charge is 0.408 e. The van der Waals surface area contributed by atoms with Gasteiger partial charge in [-0.1, -0.05) is 29.4 Å². The van der Waals surface area contributed by atoms with Gasteiger partial charge < -0.3 is 8.94 Å². The molecule has 0 atom stereocenters. The Hall–Kier alpha value is -4.93. The van der Waals surface area contributed by atoms with Crippen molar-refractivity contribution in [2.75, 3.05) is 0 Å². The van der Waals surface area contributed by atoms with Crippen LogP contribution in [0, 0.1) is 0 Å². The number of carbonyl (C=O) groups is 2. The monoisotopic (exact) mass is 484 g/mol. The highest BCUT2D eigenvalue weighted by Gasteiger charge is 2.13. The summed E-state index contributed by atoms with van der Waals surface area (Å²) in [6.07, 6.45) is 5.53. The molecule has 3 aromatic heterocycles. The summed E-state index contributed by atoms with van der Waals surface area (Å²) in [4.78, 5) is 39.1. The van der Waals surface area contributed by atoms with Gasteiger partial charge in [-0.15, -0.1) is 0 Å². The molecule has 1 fully saturated rings. The second kappa shape index (κ2) is 10.1. The number of nitrogens with one attached hydrogen (secondary N) is 2. The number of amides is 2. The van der Waals surface area contributed by atoms with Gasteiger partial charge in [0.15, 0.2) is 5.58 Å². The van der Waals surface area contributed by atoms with Gasteiger partial charge in [0.2, 0.25) is 23.5 Å². The third kappa shape index (κ3) is 5.41. The highest BCUT2D eigenvalue weighted by molar-refractivity contribution is 5.97. The molecule has 1 aliphatic heterocycles. The topological polar surface area (TPSA) is 157 Å². The summed E-state index contributed by atoms with van der Waals surface area (Å²) in [5.41, 5.74) is 4.88. The number of hydrogen-bond donors (Lipinski definition) is 2. The fourth-order valence-corrected chi connectivity index (χ4v) is 3.72. The third-order valence-corrected chi connectivity index (χ3v) is 5.43. The number of benzene rings is 2. The zero-order valence-electron chi connectivity index (χ0n) is 18.9. The van der Waals surface area contributed by atoms with Crippen LogP contribution in [0.5, 0.6) is 0 Å². The van der Waals surface area contributed by atoms with E-state index in [0.29, 0.717) is 48.5 Å². The van der Waals surface area contributed by atoms with E-state index in [1.807, 2.05) is 42.5 Å². The fraction of sp³-hybridized carbons (Fsp3) is 0.160. The average molecular weight is 484 g/mol. The molecule has 6 rings (SSSR count). The van der Waals surface area contributed by atoms with E-state index in [2.05, 4.69) is 30.6 Å². The van der Waals surface area contributed by atoms with Gasteiger partial charge in [-0.25, -0.2) is 4.79 Å². The summed E-state index contributed by atoms with van der Waals surface area (Å²) < 4.78 is 10.4. The number of aromatic nitrogens is 5. The number of fused-ring (bicyclic) bond motifs is 1. The lowest BCUT2D eigenvalue weighted by molar-refractivity contribution is -0.132. The van der Waals surface area contributed by atoms with Crippen molar-refractivity contribution in [1.29, 1.82) is 0 Å². The summed E-state index contributed by atoms with van der Waals surface area (Å²) in [6.45, 7) is 0. The maximum absolute atomic E-state index is 11.3. The van der Waals surface area contributed by atoms with Gasteiger partial charge in [-0.05, 0) is 41.8 Å². The van der Waals surface area contributed by atoms with Crippen molar-refractivity contribution in [2.45, 2.75) is 25.7 Å². The zero-order chi connectivity index (χ0) is 24.9. The summed E-state index contributed by atoms with van der Waals surface area (Å²) >= 11 is 0. The maximum Gasteiger partial charge on any atom is 0.417 e. The number of aromatic amines is 1. The van der Waals surface area contributed by atoms with Crippen LogP contribution in [-0.4, -0.2) is 37.1 Å². The highest BCUT2D eigenvalue weighted by atomic mass is 16.5. The molecule has 4 heterocycles. The van der Waals surface area contributed by atoms with Crippen molar-refractivity contribution in [3.8, 4) is 22.5 Å². The lowest BCUT2D eigenvalue weighted by Gasteiger charge is -2.07. The third-order valence-electron chi connectivity index (χ3n) is 5.43. The van der Waals surface area contributed by atoms with Crippen LogP contribution >= 0.6 is 0 Å². The number of imide groups is 1. The fourth-order valence-electron chi connectivity index (χ4n) is 3.72. The van der Waals surface area contributed by atoms with Gasteiger partial charge in [0.1, 0.15) is 0 Å². The maximum atomic E-state index is 11.3. The van der Waals surface area contributed by atoms with E-state index in [1.54, 1.807) is 18.5 Å². The van der Waals surface area contributed by atoms with E-state index in [0.717, 1.165) is 22.3 Å². The Labute approximate surface area is 203 Å². The van der Waals surface area contributed by atoms with E-state index in [1.165, 1.54) is 0 Å². The Morgan fingerprint density at radius 1 is 0.889 bits per heavy atom. The Kier molecular flexibility index (Phi) is 6.43. The Morgan fingerprint density at radius 2 is 1.72 bits per heavy atom. The van der Waals surface area contributed by atoms with Crippen LogP contribution in [0.4, 0.5) is 0 Å². The van der Waals surface area contributed by atoms with Crippen LogP contribution < -0.4 is 11.1 Å². The Bertz CT molecular complexity index is 1570. The van der Waals surface area contributed by atoms with Gasteiger partial charge in [0.05, 0.1) is 24.3 Å². The van der Waals surface area contributed by atoms with Crippen molar-refractivity contribution < 1.29 is 18.5 Å². The largest absolute Gasteiger partial charge is 0.417 e. The molecule has 180 valence electrons. The zero-order valence-corrected chi connectivity index (χ0v) is 18.9. The number of H-pyrrole nitrogens is 1. The molecule has 11 nitrogen and oxygen atoms in total. The van der Waals surface area contributed by atoms with Crippen molar-refractivity contribution in [1.82, 2.24) is 30.6 Å². The molecule has 11 heteroatoms. The number of hydrogen-bond acceptors (Lipinski definition) is 9. The predicted octanol–water partition coefficient (Wildman–Crippen LogP) is 3.03. The molecule has 2 amide bonds. The minimum Gasteiger partial charge on any atom is -0.408 e. The molecule has 0 unspecified atom stereocenters. The minimum atomic E-state index is -0.475. The SMILES string of the molecule is O=C1CCCC(=O)N1.O=c1[nH]c2cc(Cc3nc(-c4cccc(-c5ccnnc5)c4)no3)ccc2o1. The molecular weight excluding hydrogens is 464 g/mol. The van der Waals surface area contributed by atoms with Crippen LogP contribution in [0.1, 0.15) is 30.7 Å². The summed E-state index contributed by atoms with van der Waals surface area (Å²) in [5.74, 6) is 0.242. The quantitative estimate of drug-likeness (QED) is 0.366. The molecule has 0 bridgehead atoms. The van der Waals surface area contributed by atoms with Crippen molar-refractivity contribution >= 4 is 22.9 Å². The molecule has 5 aromatic rings. The van der Waals surface area contributed by atoms with Gasteiger partial charge in [0.25, 0.3) is 0 Å². The first-order chi connectivity index (χ1) is 17.5. The highest BCUT2D eigenvalue weighted by Crippen LogP contribution is 2.24. The van der Waals surface area contributed by atoms with Gasteiger partial charge in [-0.3, -0.25) is 19.9 Å². The Morgan fingerprint density at radius 3 is 2.47 bits per heavy atom. The molecule has 2 aromatic carbocycles. The second-order valence-corrected chi connectivity index (χ2v) is 8.07. The first kappa shape index (κ1) is 22.8. The number of nitrogens with zero attached hydrogens (tertiary/aromatic N) is 4. The first-order valence-corrected chi connectivity index (χ1v) is 11.2. The molecule has 1 aliphatic rings. The molecule has 0 saturated carbocycles. The van der Waals surface area contributed by atoms with Crippen molar-refractivity contribution in [2.24, 2.45) is 0 Å². The number of carbonyl (C=O) groups excluding carboxylic acids is 2. The number of oxazole rings is 1. The molecular formula is C25H20N6O5. The van der Waals surface area contributed by atoms with Gasteiger partial charge in [0, 0.05) is 24.0 Å². The predicted molar refractivity (Wildman–Crippen MR) is 127 cm³/mol. The van der Waals surface area contributed by atoms with Crippen molar-refractivity contribution in [3.05, 3.63) is 82.9 Å². The van der Waals surface area contributed by atoms with E-state index >= 15 is 0 Å². The van der Waals surface area contributed by atoms with E-state index in [9.17, 15) is 14.4 Å². The Balaban J connectivity index is 0.000000286. The molecule has 1 saturated heterocycles. The van der Waals surface area contributed by atoms with Crippen LogP contribution in [0.15, 0.2) is 74.7 Å². The van der Waals surface area contributed by atoms with E-state index < -0.39 is 5.76 Å². The molecule has 36 heavy (non-hydrogen) atoms. The standard InChI is InChI=1S/C20H13N5O3.C5H7NO2/c26-20-23-16-8-12(4-5-17(16)27-20)9-18-24-19(25-28-18)14-3-1-2-13(10-14)15-6-7-21-22-11-15;7-4-2-1-3-5(8)6-4/h1-8,10-11H,9H2,(H,23,26);1-3H2,(H,6,7,8). The summed E-state index contributed by atoms with van der Waals surface area (Å²) in [7, 11) is 0. The molecule has 0 aliphatic carbocycles.